The molecule has 4 aromatic rings. The molecule has 2 amide bonds. The summed E-state index contributed by atoms with van der Waals surface area (Å²) in [4.78, 5) is 46.0. The first-order chi connectivity index (χ1) is 19.4. The average molecular weight is 548 g/mol. The zero-order valence-corrected chi connectivity index (χ0v) is 22.1. The van der Waals surface area contributed by atoms with Crippen LogP contribution in [-0.4, -0.2) is 23.0 Å². The van der Waals surface area contributed by atoms with Crippen LogP contribution in [0.2, 0.25) is 5.02 Å². The van der Waals surface area contributed by atoms with Crippen LogP contribution in [0.5, 0.6) is 0 Å². The number of hydrogen-bond acceptors (Lipinski definition) is 5. The lowest BCUT2D eigenvalue weighted by Crippen LogP contribution is -2.54. The largest absolute Gasteiger partial charge is 0.293 e. The molecule has 2 bridgehead atoms. The SMILES string of the molecule is Cc1c(Cl)cccc1N=CC12c3ccccc3C(c3ccccc31)[C@@H]1C(=O)N(c3ccccc3[N+](=O)[O-])C(=O)[C@@H]12. The molecule has 196 valence electrons. The second kappa shape index (κ2) is 8.69. The Labute approximate surface area is 234 Å². The van der Waals surface area contributed by atoms with E-state index in [1.54, 1.807) is 18.3 Å². The van der Waals surface area contributed by atoms with Crippen molar-refractivity contribution < 1.29 is 14.5 Å². The number of rotatable bonds is 4. The number of carbonyl (C=O) groups excluding carboxylic acids is 2. The van der Waals surface area contributed by atoms with E-state index < -0.39 is 34.0 Å². The number of amides is 2. The summed E-state index contributed by atoms with van der Waals surface area (Å²) in [6.07, 6.45) is 1.80. The highest BCUT2D eigenvalue weighted by atomic mass is 35.5. The lowest BCUT2D eigenvalue weighted by molar-refractivity contribution is -0.384. The number of nitrogens with zero attached hydrogens (tertiary/aromatic N) is 3. The fourth-order valence-electron chi connectivity index (χ4n) is 7.00. The number of benzene rings is 4. The Bertz CT molecular complexity index is 1750. The van der Waals surface area contributed by atoms with Gasteiger partial charge in [-0.2, -0.15) is 0 Å². The zero-order chi connectivity index (χ0) is 27.8. The molecule has 40 heavy (non-hydrogen) atoms. The summed E-state index contributed by atoms with van der Waals surface area (Å²) in [5.74, 6) is -2.85. The Hall–Kier alpha value is -4.62. The van der Waals surface area contributed by atoms with Crippen molar-refractivity contribution in [1.82, 2.24) is 0 Å². The molecule has 7 nitrogen and oxygen atoms in total. The minimum atomic E-state index is -1.08. The van der Waals surface area contributed by atoms with Crippen molar-refractivity contribution in [2.75, 3.05) is 4.90 Å². The predicted octanol–water partition coefficient (Wildman–Crippen LogP) is 6.51. The molecule has 3 aliphatic carbocycles. The van der Waals surface area contributed by atoms with E-state index in [9.17, 15) is 19.7 Å². The molecule has 1 heterocycles. The van der Waals surface area contributed by atoms with Gasteiger partial charge in [-0.25, -0.2) is 4.90 Å². The number of nitro groups is 1. The van der Waals surface area contributed by atoms with Crippen LogP contribution in [0.1, 0.15) is 33.7 Å². The van der Waals surface area contributed by atoms with Crippen LogP contribution >= 0.6 is 11.6 Å². The zero-order valence-electron chi connectivity index (χ0n) is 21.3. The molecule has 8 heteroatoms. The quantitative estimate of drug-likeness (QED) is 0.126. The van der Waals surface area contributed by atoms with E-state index in [2.05, 4.69) is 0 Å². The molecular weight excluding hydrogens is 526 g/mol. The molecule has 4 aromatic carbocycles. The van der Waals surface area contributed by atoms with E-state index in [1.165, 1.54) is 18.2 Å². The van der Waals surface area contributed by atoms with Crippen LogP contribution in [0.3, 0.4) is 0 Å². The molecule has 1 fully saturated rings. The first kappa shape index (κ1) is 24.4. The molecule has 0 aromatic heterocycles. The van der Waals surface area contributed by atoms with Gasteiger partial charge in [0.05, 0.1) is 27.9 Å². The molecule has 2 atom stereocenters. The maximum atomic E-state index is 14.5. The number of hydrogen-bond donors (Lipinski definition) is 0. The highest BCUT2D eigenvalue weighted by molar-refractivity contribution is 6.31. The standard InChI is InChI=1S/C32H22ClN3O4/c1-18-23(33)13-8-14-24(18)34-17-32-21-11-4-2-9-19(21)27(20-10-3-5-12-22(20)32)28-29(32)31(38)35(30(28)37)25-15-6-7-16-26(25)36(39)40/h2-17,27-29H,1H3/t27?,28-,29+,32?/m0/s1. The number of anilines is 1. The summed E-state index contributed by atoms with van der Waals surface area (Å²) in [5.41, 5.74) is 3.83. The average Bonchev–Trinajstić information content (AvgIpc) is 3.24. The molecule has 8 rings (SSSR count). The summed E-state index contributed by atoms with van der Waals surface area (Å²) < 4.78 is 0. The van der Waals surface area contributed by atoms with Gasteiger partial charge in [-0.3, -0.25) is 24.7 Å². The van der Waals surface area contributed by atoms with Gasteiger partial charge in [0, 0.05) is 23.2 Å². The second-order valence-electron chi connectivity index (χ2n) is 10.4. The first-order valence-corrected chi connectivity index (χ1v) is 13.3. The van der Waals surface area contributed by atoms with Crippen LogP contribution in [0.15, 0.2) is 96.0 Å². The Morgan fingerprint density at radius 1 is 0.875 bits per heavy atom. The molecule has 0 spiro atoms. The smallest absolute Gasteiger partial charge is 0.274 e. The molecule has 0 N–H and O–H groups in total. The van der Waals surface area contributed by atoms with Gasteiger partial charge in [0.2, 0.25) is 11.8 Å². The number of halogens is 1. The summed E-state index contributed by atoms with van der Waals surface area (Å²) >= 11 is 6.40. The van der Waals surface area contributed by atoms with Crippen molar-refractivity contribution in [2.24, 2.45) is 16.8 Å². The fourth-order valence-corrected chi connectivity index (χ4v) is 7.17. The van der Waals surface area contributed by atoms with Crippen molar-refractivity contribution in [2.45, 2.75) is 18.3 Å². The lowest BCUT2D eigenvalue weighted by Gasteiger charge is -2.52. The Kier molecular flexibility index (Phi) is 5.31. The van der Waals surface area contributed by atoms with Crippen LogP contribution < -0.4 is 4.90 Å². The molecular formula is C32H22ClN3O4. The third-order valence-electron chi connectivity index (χ3n) is 8.65. The third-order valence-corrected chi connectivity index (χ3v) is 9.06. The van der Waals surface area contributed by atoms with Gasteiger partial charge in [0.1, 0.15) is 5.69 Å². The van der Waals surface area contributed by atoms with E-state index in [-0.39, 0.29) is 17.3 Å². The number of imide groups is 1. The maximum absolute atomic E-state index is 14.5. The van der Waals surface area contributed by atoms with Gasteiger partial charge in [0.25, 0.3) is 5.69 Å². The minimum Gasteiger partial charge on any atom is -0.274 e. The van der Waals surface area contributed by atoms with E-state index in [1.807, 2.05) is 67.6 Å². The highest BCUT2D eigenvalue weighted by Gasteiger charge is 2.68. The predicted molar refractivity (Wildman–Crippen MR) is 152 cm³/mol. The highest BCUT2D eigenvalue weighted by Crippen LogP contribution is 2.64. The van der Waals surface area contributed by atoms with Crippen molar-refractivity contribution in [1.29, 1.82) is 0 Å². The van der Waals surface area contributed by atoms with Gasteiger partial charge in [-0.1, -0.05) is 78.3 Å². The summed E-state index contributed by atoms with van der Waals surface area (Å²) in [7, 11) is 0. The Balaban J connectivity index is 1.52. The van der Waals surface area contributed by atoms with Crippen LogP contribution in [-0.2, 0) is 15.0 Å². The third kappa shape index (κ3) is 3.09. The number of nitro benzene ring substituents is 1. The number of carbonyl (C=O) groups is 2. The van der Waals surface area contributed by atoms with Gasteiger partial charge >= 0.3 is 0 Å². The molecule has 1 aliphatic heterocycles. The molecule has 0 saturated carbocycles. The first-order valence-electron chi connectivity index (χ1n) is 13.0. The van der Waals surface area contributed by atoms with E-state index in [0.717, 1.165) is 32.7 Å². The van der Waals surface area contributed by atoms with Crippen molar-refractivity contribution >= 4 is 46.7 Å². The minimum absolute atomic E-state index is 0.0119. The normalized spacial score (nSPS) is 24.2. The van der Waals surface area contributed by atoms with E-state index in [4.69, 9.17) is 16.6 Å². The summed E-state index contributed by atoms with van der Waals surface area (Å²) in [6, 6.07) is 27.1. The molecule has 0 radical (unpaired) electrons. The van der Waals surface area contributed by atoms with Gasteiger partial charge in [0.15, 0.2) is 0 Å². The molecule has 4 aliphatic rings. The Morgan fingerprint density at radius 3 is 2.17 bits per heavy atom. The fraction of sp³-hybridized carbons (Fsp3) is 0.156. The number of para-hydroxylation sites is 2. The second-order valence-corrected chi connectivity index (χ2v) is 10.8. The van der Waals surface area contributed by atoms with Crippen molar-refractivity contribution in [3.8, 4) is 0 Å². The van der Waals surface area contributed by atoms with E-state index >= 15 is 0 Å². The topological polar surface area (TPSA) is 92.9 Å². The van der Waals surface area contributed by atoms with Crippen LogP contribution in [0, 0.1) is 28.9 Å². The lowest BCUT2D eigenvalue weighted by atomic mass is 9.47. The van der Waals surface area contributed by atoms with Crippen molar-refractivity contribution in [3.05, 3.63) is 134 Å². The molecule has 0 unspecified atom stereocenters. The summed E-state index contributed by atoms with van der Waals surface area (Å²) in [6.45, 7) is 1.88. The van der Waals surface area contributed by atoms with Crippen LogP contribution in [0.25, 0.3) is 0 Å². The maximum Gasteiger partial charge on any atom is 0.293 e. The number of aliphatic imine (C=N–C) groups is 1. The van der Waals surface area contributed by atoms with Gasteiger partial charge < -0.3 is 0 Å². The van der Waals surface area contributed by atoms with Gasteiger partial charge in [-0.05, 0) is 52.9 Å². The van der Waals surface area contributed by atoms with Crippen LogP contribution in [0.4, 0.5) is 17.1 Å². The van der Waals surface area contributed by atoms with Crippen molar-refractivity contribution in [3.63, 3.8) is 0 Å². The summed E-state index contributed by atoms with van der Waals surface area (Å²) in [5, 5.41) is 12.5. The van der Waals surface area contributed by atoms with Gasteiger partial charge in [-0.15, -0.1) is 0 Å². The Morgan fingerprint density at radius 2 is 1.50 bits per heavy atom. The molecule has 1 saturated heterocycles. The monoisotopic (exact) mass is 547 g/mol. The van der Waals surface area contributed by atoms with E-state index in [0.29, 0.717) is 10.7 Å².